The van der Waals surface area contributed by atoms with E-state index in [0.29, 0.717) is 36.4 Å². The lowest BCUT2D eigenvalue weighted by molar-refractivity contribution is -0.144. The lowest BCUT2D eigenvalue weighted by Gasteiger charge is -2.40. The fraction of sp³-hybridized carbons (Fsp3) is 0.357. The Kier molecular flexibility index (Phi) is 10.1. The van der Waals surface area contributed by atoms with Gasteiger partial charge in [0.05, 0.1) is 25.6 Å². The lowest BCUT2D eigenvalue weighted by atomic mass is 9.81. The van der Waals surface area contributed by atoms with E-state index in [9.17, 15) is 9.59 Å². The maximum absolute atomic E-state index is 13.0. The van der Waals surface area contributed by atoms with Crippen molar-refractivity contribution < 1.29 is 19.1 Å². The number of rotatable bonds is 6. The first kappa shape index (κ1) is 29.5. The highest BCUT2D eigenvalue weighted by Gasteiger charge is 2.35. The van der Waals surface area contributed by atoms with E-state index in [-0.39, 0.29) is 11.0 Å². The molecule has 1 aliphatic rings. The summed E-state index contributed by atoms with van der Waals surface area (Å²) in [5.41, 5.74) is 3.07. The first-order valence-electron chi connectivity index (χ1n) is 11.8. The molecule has 6 nitrogen and oxygen atoms in total. The van der Waals surface area contributed by atoms with Crippen LogP contribution in [0, 0.1) is 5.41 Å². The van der Waals surface area contributed by atoms with Gasteiger partial charge in [-0.2, -0.15) is 0 Å². The van der Waals surface area contributed by atoms with E-state index in [1.165, 1.54) is 14.2 Å². The predicted octanol–water partition coefficient (Wildman–Crippen LogP) is 6.79. The third kappa shape index (κ3) is 6.86. The Labute approximate surface area is 244 Å². The monoisotopic (exact) mass is 696 g/mol. The summed E-state index contributed by atoms with van der Waals surface area (Å²) in [6.07, 6.45) is 0. The van der Waals surface area contributed by atoms with Gasteiger partial charge >= 0.3 is 11.9 Å². The Hall–Kier alpha value is -2.10. The van der Waals surface area contributed by atoms with Gasteiger partial charge in [0, 0.05) is 39.6 Å². The summed E-state index contributed by atoms with van der Waals surface area (Å²) in [6, 6.07) is 16.1. The largest absolute Gasteiger partial charge is 0.465 e. The number of allylic oxidation sites excluding steroid dienone is 2. The number of hydrogen-bond donors (Lipinski definition) is 0. The molecule has 0 spiro atoms. The van der Waals surface area contributed by atoms with E-state index < -0.39 is 11.9 Å². The minimum atomic E-state index is -0.738. The second kappa shape index (κ2) is 12.6. The molecular formula is C28H31Br3N2O4. The summed E-state index contributed by atoms with van der Waals surface area (Å²) >= 11 is 11.0. The summed E-state index contributed by atoms with van der Waals surface area (Å²) in [7, 11) is 2.54. The molecule has 3 rings (SSSR count). The SMILES string of the molecule is COC(=O)C(C(=O)OC)=C(/C(Br)=C(/c1ccccc1)C(C)(C)C)N1CCN(c2ccc(Br)cc2Br)CC1. The van der Waals surface area contributed by atoms with Crippen LogP contribution < -0.4 is 4.90 Å². The maximum atomic E-state index is 13.0. The summed E-state index contributed by atoms with van der Waals surface area (Å²) in [5, 5.41) is 0. The molecule has 1 aliphatic heterocycles. The summed E-state index contributed by atoms with van der Waals surface area (Å²) < 4.78 is 12.8. The Morgan fingerprint density at radius 1 is 0.865 bits per heavy atom. The van der Waals surface area contributed by atoms with E-state index in [1.54, 1.807) is 0 Å². The van der Waals surface area contributed by atoms with Crippen LogP contribution >= 0.6 is 47.8 Å². The lowest BCUT2D eigenvalue weighted by Crippen LogP contribution is -2.47. The summed E-state index contributed by atoms with van der Waals surface area (Å²) in [6.45, 7) is 8.85. The first-order chi connectivity index (χ1) is 17.5. The zero-order valence-electron chi connectivity index (χ0n) is 21.6. The van der Waals surface area contributed by atoms with Crippen molar-refractivity contribution in [3.05, 3.63) is 78.8 Å². The Balaban J connectivity index is 2.16. The van der Waals surface area contributed by atoms with Gasteiger partial charge < -0.3 is 19.3 Å². The molecule has 0 N–H and O–H groups in total. The predicted molar refractivity (Wildman–Crippen MR) is 158 cm³/mol. The topological polar surface area (TPSA) is 59.1 Å². The molecule has 1 heterocycles. The Morgan fingerprint density at radius 2 is 1.43 bits per heavy atom. The van der Waals surface area contributed by atoms with Crippen molar-refractivity contribution in [1.82, 2.24) is 4.90 Å². The van der Waals surface area contributed by atoms with Crippen molar-refractivity contribution in [2.75, 3.05) is 45.3 Å². The minimum absolute atomic E-state index is 0.132. The van der Waals surface area contributed by atoms with E-state index >= 15 is 0 Å². The van der Waals surface area contributed by atoms with E-state index in [2.05, 4.69) is 84.4 Å². The number of hydrogen-bond acceptors (Lipinski definition) is 6. The number of benzene rings is 2. The van der Waals surface area contributed by atoms with Crippen molar-refractivity contribution in [2.24, 2.45) is 5.41 Å². The molecule has 2 aromatic carbocycles. The molecule has 0 aliphatic carbocycles. The zero-order valence-corrected chi connectivity index (χ0v) is 26.4. The van der Waals surface area contributed by atoms with Crippen LogP contribution in [0.15, 0.2) is 73.2 Å². The third-order valence-electron chi connectivity index (χ3n) is 6.10. The van der Waals surface area contributed by atoms with Crippen LogP contribution in [0.25, 0.3) is 5.57 Å². The first-order valence-corrected chi connectivity index (χ1v) is 14.2. The van der Waals surface area contributed by atoms with Crippen molar-refractivity contribution in [3.63, 3.8) is 0 Å². The number of methoxy groups -OCH3 is 2. The molecule has 0 amide bonds. The van der Waals surface area contributed by atoms with Crippen LogP contribution in [0.1, 0.15) is 26.3 Å². The quantitative estimate of drug-likeness (QED) is 0.109. The van der Waals surface area contributed by atoms with Crippen LogP contribution in [0.4, 0.5) is 5.69 Å². The average Bonchev–Trinajstić information content (AvgIpc) is 2.86. The molecule has 0 aromatic heterocycles. The molecule has 9 heteroatoms. The number of piperazine rings is 1. The standard InChI is InChI=1S/C28H31Br3N2O4/c1-28(2,3)23(18-9-7-6-8-10-18)24(31)25(22(26(34)36-4)27(35)37-5)33-15-13-32(14-16-33)21-12-11-19(29)17-20(21)30/h6-12,17H,13-16H2,1-5H3/b24-23+. The Bertz CT molecular complexity index is 1190. The molecule has 0 saturated carbocycles. The molecule has 0 bridgehead atoms. The van der Waals surface area contributed by atoms with E-state index in [4.69, 9.17) is 9.47 Å². The smallest absolute Gasteiger partial charge is 0.347 e. The normalized spacial score (nSPS) is 14.6. The van der Waals surface area contributed by atoms with Gasteiger partial charge in [0.1, 0.15) is 0 Å². The van der Waals surface area contributed by atoms with Gasteiger partial charge in [-0.05, 0) is 66.6 Å². The fourth-order valence-electron chi connectivity index (χ4n) is 4.41. The summed E-state index contributed by atoms with van der Waals surface area (Å²) in [4.78, 5) is 30.3. The van der Waals surface area contributed by atoms with Crippen LogP contribution in [0.2, 0.25) is 0 Å². The number of anilines is 1. The van der Waals surface area contributed by atoms with Crippen LogP contribution in [-0.2, 0) is 19.1 Å². The number of esters is 2. The van der Waals surface area contributed by atoms with Gasteiger partial charge in [-0.1, -0.05) is 67.0 Å². The van der Waals surface area contributed by atoms with Crippen LogP contribution in [0.5, 0.6) is 0 Å². The van der Waals surface area contributed by atoms with Gasteiger partial charge in [-0.3, -0.25) is 0 Å². The molecular weight excluding hydrogens is 668 g/mol. The zero-order chi connectivity index (χ0) is 27.3. The van der Waals surface area contributed by atoms with Crippen molar-refractivity contribution in [3.8, 4) is 0 Å². The highest BCUT2D eigenvalue weighted by Crippen LogP contribution is 2.43. The fourth-order valence-corrected chi connectivity index (χ4v) is 6.98. The molecule has 198 valence electrons. The second-order valence-corrected chi connectivity index (χ2v) is 12.1. The minimum Gasteiger partial charge on any atom is -0.465 e. The van der Waals surface area contributed by atoms with Gasteiger partial charge in [0.2, 0.25) is 0 Å². The number of carbonyl (C=O) groups excluding carboxylic acids is 2. The van der Waals surface area contributed by atoms with Crippen LogP contribution in [-0.4, -0.2) is 57.2 Å². The summed E-state index contributed by atoms with van der Waals surface area (Å²) in [5.74, 6) is -1.48. The molecule has 0 radical (unpaired) electrons. The highest BCUT2D eigenvalue weighted by atomic mass is 79.9. The van der Waals surface area contributed by atoms with Gasteiger partial charge in [0.15, 0.2) is 5.57 Å². The molecule has 1 fully saturated rings. The number of ether oxygens (including phenoxy) is 2. The van der Waals surface area contributed by atoms with Crippen molar-refractivity contribution in [1.29, 1.82) is 0 Å². The van der Waals surface area contributed by atoms with Gasteiger partial charge in [-0.15, -0.1) is 0 Å². The average molecular weight is 699 g/mol. The number of halogens is 3. The van der Waals surface area contributed by atoms with E-state index in [0.717, 1.165) is 25.8 Å². The van der Waals surface area contributed by atoms with E-state index in [1.807, 2.05) is 42.5 Å². The number of carbonyl (C=O) groups is 2. The highest BCUT2D eigenvalue weighted by molar-refractivity contribution is 9.12. The van der Waals surface area contributed by atoms with Crippen molar-refractivity contribution >= 4 is 71.0 Å². The van der Waals surface area contributed by atoms with Crippen LogP contribution in [0.3, 0.4) is 0 Å². The molecule has 37 heavy (non-hydrogen) atoms. The van der Waals surface area contributed by atoms with Gasteiger partial charge in [0.25, 0.3) is 0 Å². The van der Waals surface area contributed by atoms with Crippen molar-refractivity contribution in [2.45, 2.75) is 20.8 Å². The Morgan fingerprint density at radius 3 is 1.92 bits per heavy atom. The second-order valence-electron chi connectivity index (χ2n) is 9.58. The van der Waals surface area contributed by atoms with Gasteiger partial charge in [-0.25, -0.2) is 9.59 Å². The molecule has 1 saturated heterocycles. The third-order valence-corrected chi connectivity index (χ3v) is 8.00. The number of nitrogens with zero attached hydrogens (tertiary/aromatic N) is 2. The maximum Gasteiger partial charge on any atom is 0.347 e. The molecule has 0 atom stereocenters. The molecule has 0 unspecified atom stereocenters. The molecule has 2 aromatic rings.